The molecule has 1 amide bonds. The molecular formula is C13H13N3O2S. The van der Waals surface area contributed by atoms with Gasteiger partial charge in [0.1, 0.15) is 6.61 Å². The van der Waals surface area contributed by atoms with Crippen molar-refractivity contribution in [2.45, 2.75) is 6.54 Å². The Labute approximate surface area is 114 Å². The lowest BCUT2D eigenvalue weighted by Crippen LogP contribution is -2.21. The van der Waals surface area contributed by atoms with Gasteiger partial charge in [-0.05, 0) is 12.1 Å². The number of aliphatic hydroxyl groups excluding tert-OH is 1. The maximum Gasteiger partial charge on any atom is 0.261 e. The number of thiophene rings is 1. The van der Waals surface area contributed by atoms with Gasteiger partial charge in [-0.2, -0.15) is 5.10 Å². The molecule has 0 aliphatic carbocycles. The van der Waals surface area contributed by atoms with Crippen LogP contribution in [-0.2, 0) is 13.6 Å². The highest BCUT2D eigenvalue weighted by Crippen LogP contribution is 2.15. The normalized spacial score (nSPS) is 9.79. The van der Waals surface area contributed by atoms with E-state index in [0.717, 1.165) is 10.4 Å². The van der Waals surface area contributed by atoms with Crippen molar-refractivity contribution in [2.75, 3.05) is 6.61 Å². The van der Waals surface area contributed by atoms with E-state index in [2.05, 4.69) is 22.3 Å². The first-order chi connectivity index (χ1) is 9.19. The van der Waals surface area contributed by atoms with Gasteiger partial charge in [-0.25, -0.2) is 0 Å². The molecule has 0 atom stereocenters. The average Bonchev–Trinajstić information content (AvgIpc) is 3.02. The number of aliphatic hydroxyl groups is 1. The summed E-state index contributed by atoms with van der Waals surface area (Å²) in [4.78, 5) is 13.3. The van der Waals surface area contributed by atoms with Crippen molar-refractivity contribution in [1.29, 1.82) is 0 Å². The van der Waals surface area contributed by atoms with E-state index in [1.165, 1.54) is 11.3 Å². The first kappa shape index (κ1) is 13.3. The molecule has 0 radical (unpaired) electrons. The summed E-state index contributed by atoms with van der Waals surface area (Å²) in [5, 5.41) is 15.4. The largest absolute Gasteiger partial charge is 0.384 e. The fourth-order valence-electron chi connectivity index (χ4n) is 1.49. The van der Waals surface area contributed by atoms with Crippen molar-refractivity contribution in [3.8, 4) is 11.8 Å². The number of nitrogens with one attached hydrogen (secondary N) is 1. The monoisotopic (exact) mass is 275 g/mol. The van der Waals surface area contributed by atoms with Crippen LogP contribution < -0.4 is 5.32 Å². The molecule has 0 saturated heterocycles. The molecule has 0 aromatic carbocycles. The summed E-state index contributed by atoms with van der Waals surface area (Å²) in [7, 11) is 1.83. The van der Waals surface area contributed by atoms with Crippen LogP contribution in [0.15, 0.2) is 24.5 Å². The molecule has 2 aromatic heterocycles. The third-order valence-corrected chi connectivity index (χ3v) is 3.33. The third-order valence-electron chi connectivity index (χ3n) is 2.33. The number of carbonyl (C=O) groups excluding carboxylic acids is 1. The van der Waals surface area contributed by atoms with Gasteiger partial charge in [0.2, 0.25) is 0 Å². The van der Waals surface area contributed by atoms with Crippen molar-refractivity contribution in [1.82, 2.24) is 15.1 Å². The number of amides is 1. The van der Waals surface area contributed by atoms with Gasteiger partial charge < -0.3 is 10.4 Å². The Morgan fingerprint density at radius 2 is 2.42 bits per heavy atom. The van der Waals surface area contributed by atoms with Crippen LogP contribution in [0, 0.1) is 11.8 Å². The first-order valence-electron chi connectivity index (χ1n) is 5.64. The fourth-order valence-corrected chi connectivity index (χ4v) is 2.28. The van der Waals surface area contributed by atoms with Gasteiger partial charge in [-0.1, -0.05) is 11.8 Å². The zero-order valence-electron chi connectivity index (χ0n) is 10.4. The molecule has 2 heterocycles. The third kappa shape index (κ3) is 3.68. The molecule has 5 nitrogen and oxygen atoms in total. The van der Waals surface area contributed by atoms with Crippen LogP contribution in [0.4, 0.5) is 0 Å². The van der Waals surface area contributed by atoms with Crippen molar-refractivity contribution in [3.05, 3.63) is 39.8 Å². The first-order valence-corrected chi connectivity index (χ1v) is 6.46. The van der Waals surface area contributed by atoms with E-state index in [-0.39, 0.29) is 12.5 Å². The van der Waals surface area contributed by atoms with Crippen molar-refractivity contribution < 1.29 is 9.90 Å². The molecule has 98 valence electrons. The average molecular weight is 275 g/mol. The lowest BCUT2D eigenvalue weighted by atomic mass is 10.3. The second-order valence-corrected chi connectivity index (χ2v) is 4.91. The molecule has 0 fully saturated rings. The molecule has 0 aliphatic rings. The molecule has 2 aromatic rings. The van der Waals surface area contributed by atoms with Crippen LogP contribution in [0.25, 0.3) is 0 Å². The molecule has 0 aliphatic heterocycles. The molecule has 2 rings (SSSR count). The van der Waals surface area contributed by atoms with Crippen molar-refractivity contribution in [3.63, 3.8) is 0 Å². The molecule has 0 unspecified atom stereocenters. The Bertz CT molecular complexity index is 634. The summed E-state index contributed by atoms with van der Waals surface area (Å²) >= 11 is 1.30. The van der Waals surface area contributed by atoms with Crippen LogP contribution in [0.2, 0.25) is 0 Å². The van der Waals surface area contributed by atoms with E-state index >= 15 is 0 Å². The number of hydrogen-bond acceptors (Lipinski definition) is 4. The molecule has 2 N–H and O–H groups in total. The van der Waals surface area contributed by atoms with Crippen LogP contribution in [0.5, 0.6) is 0 Å². The van der Waals surface area contributed by atoms with Crippen LogP contribution in [0.3, 0.4) is 0 Å². The van der Waals surface area contributed by atoms with Gasteiger partial charge in [-0.15, -0.1) is 11.3 Å². The van der Waals surface area contributed by atoms with E-state index in [1.807, 2.05) is 13.2 Å². The maximum atomic E-state index is 11.9. The van der Waals surface area contributed by atoms with E-state index in [4.69, 9.17) is 5.11 Å². The molecule has 0 saturated carbocycles. The minimum absolute atomic E-state index is 0.133. The van der Waals surface area contributed by atoms with Gasteiger partial charge in [0, 0.05) is 25.4 Å². The van der Waals surface area contributed by atoms with Crippen molar-refractivity contribution in [2.24, 2.45) is 7.05 Å². The molecule has 0 spiro atoms. The number of hydrogen-bond donors (Lipinski definition) is 2. The summed E-state index contributed by atoms with van der Waals surface area (Å²) in [6.07, 6.45) is 3.57. The topological polar surface area (TPSA) is 67.2 Å². The van der Waals surface area contributed by atoms with Crippen LogP contribution in [0.1, 0.15) is 20.1 Å². The lowest BCUT2D eigenvalue weighted by molar-refractivity contribution is 0.0955. The summed E-state index contributed by atoms with van der Waals surface area (Å²) < 4.78 is 1.69. The molecule has 19 heavy (non-hydrogen) atoms. The van der Waals surface area contributed by atoms with E-state index in [0.29, 0.717) is 11.4 Å². The van der Waals surface area contributed by atoms with Crippen molar-refractivity contribution >= 4 is 17.2 Å². The predicted octanol–water partition coefficient (Wildman–Crippen LogP) is 0.755. The standard InChI is InChI=1S/C13H13N3O2S/c1-16-9-10(8-15-16)7-14-13(18)12-5-4-11(19-12)3-2-6-17/h4-5,8-9,17H,6-7H2,1H3,(H,14,18). The van der Waals surface area contributed by atoms with Crippen LogP contribution in [-0.4, -0.2) is 27.4 Å². The second-order valence-electron chi connectivity index (χ2n) is 3.83. The lowest BCUT2D eigenvalue weighted by Gasteiger charge is -2.00. The predicted molar refractivity (Wildman–Crippen MR) is 72.7 cm³/mol. The molecule has 6 heteroatoms. The smallest absolute Gasteiger partial charge is 0.261 e. The van der Waals surface area contributed by atoms with Gasteiger partial charge in [0.25, 0.3) is 5.91 Å². The highest BCUT2D eigenvalue weighted by Gasteiger charge is 2.08. The molecular weight excluding hydrogens is 262 g/mol. The van der Waals surface area contributed by atoms with E-state index in [9.17, 15) is 4.79 Å². The number of nitrogens with zero attached hydrogens (tertiary/aromatic N) is 2. The number of carbonyl (C=O) groups is 1. The zero-order chi connectivity index (χ0) is 13.7. The highest BCUT2D eigenvalue weighted by molar-refractivity contribution is 7.14. The van der Waals surface area contributed by atoms with Gasteiger partial charge in [-0.3, -0.25) is 9.48 Å². The summed E-state index contributed by atoms with van der Waals surface area (Å²) in [5.74, 6) is 5.19. The summed E-state index contributed by atoms with van der Waals surface area (Å²) in [5.41, 5.74) is 0.952. The van der Waals surface area contributed by atoms with Gasteiger partial charge >= 0.3 is 0 Å². The fraction of sp³-hybridized carbons (Fsp3) is 0.231. The Kier molecular flexibility index (Phi) is 4.34. The quantitative estimate of drug-likeness (QED) is 0.813. The number of aryl methyl sites for hydroxylation is 1. The SMILES string of the molecule is Cn1cc(CNC(=O)c2ccc(C#CCO)s2)cn1. The molecule has 0 bridgehead atoms. The summed E-state index contributed by atoms with van der Waals surface area (Å²) in [6.45, 7) is 0.267. The van der Waals surface area contributed by atoms with E-state index < -0.39 is 0 Å². The maximum absolute atomic E-state index is 11.9. The Morgan fingerprint density at radius 1 is 1.58 bits per heavy atom. The summed E-state index contributed by atoms with van der Waals surface area (Å²) in [6, 6.07) is 3.50. The van der Waals surface area contributed by atoms with E-state index in [1.54, 1.807) is 23.0 Å². The Balaban J connectivity index is 1.94. The minimum atomic E-state index is -0.180. The van der Waals surface area contributed by atoms with Gasteiger partial charge in [0.15, 0.2) is 0 Å². The minimum Gasteiger partial charge on any atom is -0.384 e. The zero-order valence-corrected chi connectivity index (χ0v) is 11.2. The second kappa shape index (κ2) is 6.18. The highest BCUT2D eigenvalue weighted by atomic mass is 32.1. The van der Waals surface area contributed by atoms with Gasteiger partial charge in [0.05, 0.1) is 16.0 Å². The number of aromatic nitrogens is 2. The Morgan fingerprint density at radius 3 is 3.11 bits per heavy atom. The number of rotatable bonds is 3. The van der Waals surface area contributed by atoms with Crippen LogP contribution >= 0.6 is 11.3 Å². The Hall–Kier alpha value is -2.10.